The van der Waals surface area contributed by atoms with Gasteiger partial charge in [-0.2, -0.15) is 13.2 Å². The van der Waals surface area contributed by atoms with Gasteiger partial charge >= 0.3 is 12.1 Å². The zero-order valence-corrected chi connectivity index (χ0v) is 11.5. The van der Waals surface area contributed by atoms with Crippen molar-refractivity contribution in [1.82, 2.24) is 0 Å². The largest absolute Gasteiger partial charge is 0.478 e. The topological polar surface area (TPSA) is 37.3 Å². The molecule has 0 unspecified atom stereocenters. The minimum absolute atomic E-state index is 0.343. The lowest BCUT2D eigenvalue weighted by Gasteiger charge is -2.57. The first-order valence-corrected chi connectivity index (χ1v) is 7.23. The van der Waals surface area contributed by atoms with Gasteiger partial charge in [-0.1, -0.05) is 0 Å². The van der Waals surface area contributed by atoms with Gasteiger partial charge in [-0.05, 0) is 63.2 Å². The van der Waals surface area contributed by atoms with Crippen LogP contribution >= 0.6 is 0 Å². The Balaban J connectivity index is 2.07. The van der Waals surface area contributed by atoms with Gasteiger partial charge in [0.25, 0.3) is 0 Å². The SMILES string of the molecule is CC(=C(C(=O)O)C12CC3CC(CC(C3)C1)C2)C(F)(F)F. The van der Waals surface area contributed by atoms with Crippen LogP contribution in [0.4, 0.5) is 13.2 Å². The first kappa shape index (κ1) is 14.0. The summed E-state index contributed by atoms with van der Waals surface area (Å²) in [5.41, 5.74) is -1.96. The van der Waals surface area contributed by atoms with Gasteiger partial charge in [-0.3, -0.25) is 0 Å². The first-order valence-electron chi connectivity index (χ1n) is 7.23. The van der Waals surface area contributed by atoms with Gasteiger partial charge in [0.15, 0.2) is 0 Å². The van der Waals surface area contributed by atoms with Crippen molar-refractivity contribution in [3.63, 3.8) is 0 Å². The highest BCUT2D eigenvalue weighted by Crippen LogP contribution is 2.63. The van der Waals surface area contributed by atoms with Crippen LogP contribution in [-0.4, -0.2) is 17.3 Å². The molecule has 4 aliphatic rings. The Kier molecular flexibility index (Phi) is 2.96. The number of aliphatic carboxylic acids is 1. The van der Waals surface area contributed by atoms with E-state index in [4.69, 9.17) is 0 Å². The molecular weight excluding hydrogens is 269 g/mol. The van der Waals surface area contributed by atoms with E-state index in [0.717, 1.165) is 26.2 Å². The summed E-state index contributed by atoms with van der Waals surface area (Å²) in [4.78, 5) is 11.5. The number of hydrogen-bond acceptors (Lipinski definition) is 1. The fourth-order valence-corrected chi connectivity index (χ4v) is 5.34. The van der Waals surface area contributed by atoms with Crippen LogP contribution in [0.3, 0.4) is 0 Å². The standard InChI is InChI=1S/C15H19F3O2/c1-8(15(16,17)18)12(13(19)20)14-5-9-2-10(6-14)4-11(3-9)7-14/h9-11H,2-7H2,1H3,(H,19,20). The van der Waals surface area contributed by atoms with Crippen molar-refractivity contribution in [2.45, 2.75) is 51.6 Å². The highest BCUT2D eigenvalue weighted by atomic mass is 19.4. The van der Waals surface area contributed by atoms with E-state index in [1.165, 1.54) is 0 Å². The lowest BCUT2D eigenvalue weighted by Crippen LogP contribution is -2.48. The predicted octanol–water partition coefficient (Wildman–Crippen LogP) is 4.17. The lowest BCUT2D eigenvalue weighted by atomic mass is 9.47. The average molecular weight is 288 g/mol. The molecule has 0 aromatic carbocycles. The first-order chi connectivity index (χ1) is 9.21. The molecule has 0 saturated heterocycles. The van der Waals surface area contributed by atoms with Crippen LogP contribution in [0.15, 0.2) is 11.1 Å². The second kappa shape index (κ2) is 4.25. The minimum atomic E-state index is -4.54. The van der Waals surface area contributed by atoms with E-state index in [1.54, 1.807) is 0 Å². The third kappa shape index (κ3) is 2.06. The number of hydrogen-bond donors (Lipinski definition) is 1. The third-order valence-electron chi connectivity index (χ3n) is 5.58. The fourth-order valence-electron chi connectivity index (χ4n) is 5.34. The molecule has 4 bridgehead atoms. The quantitative estimate of drug-likeness (QED) is 0.774. The number of halogens is 3. The van der Waals surface area contributed by atoms with Gasteiger partial charge in [0, 0.05) is 11.0 Å². The van der Waals surface area contributed by atoms with E-state index in [-0.39, 0.29) is 5.57 Å². The molecule has 0 spiro atoms. The average Bonchev–Trinajstić information content (AvgIpc) is 2.24. The maximum atomic E-state index is 13.0. The van der Waals surface area contributed by atoms with Crippen molar-refractivity contribution < 1.29 is 23.1 Å². The molecule has 0 atom stereocenters. The van der Waals surface area contributed by atoms with Crippen molar-refractivity contribution in [3.8, 4) is 0 Å². The molecule has 0 radical (unpaired) electrons. The van der Waals surface area contributed by atoms with Crippen molar-refractivity contribution in [2.24, 2.45) is 23.2 Å². The van der Waals surface area contributed by atoms with Gasteiger partial charge in [0.1, 0.15) is 0 Å². The maximum Gasteiger partial charge on any atom is 0.412 e. The monoisotopic (exact) mass is 288 g/mol. The molecule has 4 aliphatic carbocycles. The Morgan fingerprint density at radius 1 is 1.05 bits per heavy atom. The van der Waals surface area contributed by atoms with E-state index in [2.05, 4.69) is 0 Å². The van der Waals surface area contributed by atoms with Crippen LogP contribution in [0, 0.1) is 23.2 Å². The van der Waals surface area contributed by atoms with Crippen molar-refractivity contribution in [2.75, 3.05) is 0 Å². The van der Waals surface area contributed by atoms with E-state index >= 15 is 0 Å². The molecule has 20 heavy (non-hydrogen) atoms. The van der Waals surface area contributed by atoms with Gasteiger partial charge in [0.05, 0.1) is 5.57 Å². The Morgan fingerprint density at radius 2 is 1.45 bits per heavy atom. The summed E-state index contributed by atoms with van der Waals surface area (Å²) in [5, 5.41) is 9.41. The van der Waals surface area contributed by atoms with Gasteiger partial charge < -0.3 is 5.11 Å². The Bertz CT molecular complexity index is 441. The fraction of sp³-hybridized carbons (Fsp3) is 0.800. The number of carbonyl (C=O) groups is 1. The maximum absolute atomic E-state index is 13.0. The summed E-state index contributed by atoms with van der Waals surface area (Å²) in [5.74, 6) is -0.0910. The van der Waals surface area contributed by atoms with Crippen molar-refractivity contribution >= 4 is 5.97 Å². The molecule has 5 heteroatoms. The molecular formula is C15H19F3O2. The Labute approximate surface area is 116 Å². The minimum Gasteiger partial charge on any atom is -0.478 e. The number of carboxylic acid groups (broad SMARTS) is 1. The molecule has 0 amide bonds. The van der Waals surface area contributed by atoms with E-state index in [9.17, 15) is 23.1 Å². The highest BCUT2D eigenvalue weighted by Gasteiger charge is 2.55. The summed E-state index contributed by atoms with van der Waals surface area (Å²) in [6.07, 6.45) is 0.596. The lowest BCUT2D eigenvalue weighted by molar-refractivity contribution is -0.139. The molecule has 0 aliphatic heterocycles. The van der Waals surface area contributed by atoms with E-state index in [1.807, 2.05) is 0 Å². The molecule has 112 valence electrons. The second-order valence-electron chi connectivity index (χ2n) is 7.00. The number of alkyl halides is 3. The summed E-state index contributed by atoms with van der Waals surface area (Å²) < 4.78 is 39.1. The van der Waals surface area contributed by atoms with Crippen molar-refractivity contribution in [3.05, 3.63) is 11.1 Å². The van der Waals surface area contributed by atoms with E-state index in [0.29, 0.717) is 37.0 Å². The number of allylic oxidation sites excluding steroid dienone is 1. The molecule has 4 fully saturated rings. The molecule has 0 aromatic heterocycles. The highest BCUT2D eigenvalue weighted by molar-refractivity contribution is 5.89. The van der Waals surface area contributed by atoms with Crippen molar-refractivity contribution in [1.29, 1.82) is 0 Å². The van der Waals surface area contributed by atoms with Gasteiger partial charge in [-0.15, -0.1) is 0 Å². The Morgan fingerprint density at radius 3 is 1.75 bits per heavy atom. The van der Waals surface area contributed by atoms with Crippen LogP contribution < -0.4 is 0 Å². The smallest absolute Gasteiger partial charge is 0.412 e. The predicted molar refractivity (Wildman–Crippen MR) is 67.0 cm³/mol. The molecule has 4 rings (SSSR count). The van der Waals surface area contributed by atoms with Crippen LogP contribution in [0.2, 0.25) is 0 Å². The van der Waals surface area contributed by atoms with Crippen LogP contribution in [-0.2, 0) is 4.79 Å². The normalized spacial score (nSPS) is 40.7. The summed E-state index contributed by atoms with van der Waals surface area (Å²) in [7, 11) is 0. The summed E-state index contributed by atoms with van der Waals surface area (Å²) >= 11 is 0. The second-order valence-corrected chi connectivity index (χ2v) is 7.00. The van der Waals surface area contributed by atoms with Gasteiger partial charge in [-0.25, -0.2) is 4.79 Å². The Hall–Kier alpha value is -1.00. The molecule has 0 heterocycles. The number of carboxylic acids is 1. The zero-order chi connectivity index (χ0) is 14.7. The molecule has 1 N–H and O–H groups in total. The molecule has 0 aromatic rings. The van der Waals surface area contributed by atoms with Gasteiger partial charge in [0.2, 0.25) is 0 Å². The molecule has 4 saturated carbocycles. The summed E-state index contributed by atoms with van der Waals surface area (Å²) in [6.45, 7) is 0.933. The zero-order valence-electron chi connectivity index (χ0n) is 11.5. The third-order valence-corrected chi connectivity index (χ3v) is 5.58. The van der Waals surface area contributed by atoms with Crippen LogP contribution in [0.1, 0.15) is 45.4 Å². The van der Waals surface area contributed by atoms with Crippen LogP contribution in [0.5, 0.6) is 0 Å². The number of rotatable bonds is 2. The summed E-state index contributed by atoms with van der Waals surface area (Å²) in [6, 6.07) is 0. The van der Waals surface area contributed by atoms with E-state index < -0.39 is 23.1 Å². The molecule has 2 nitrogen and oxygen atoms in total. The van der Waals surface area contributed by atoms with Crippen LogP contribution in [0.25, 0.3) is 0 Å².